The van der Waals surface area contributed by atoms with E-state index in [1.165, 1.54) is 0 Å². The van der Waals surface area contributed by atoms with E-state index in [4.69, 9.17) is 33.2 Å². The van der Waals surface area contributed by atoms with Crippen LogP contribution in [0.1, 0.15) is 0 Å². The zero-order valence-electron chi connectivity index (χ0n) is 24.7. The molecule has 10 aromatic rings. The van der Waals surface area contributed by atoms with Gasteiger partial charge in [0.2, 0.25) is 5.89 Å². The van der Waals surface area contributed by atoms with Gasteiger partial charge < -0.3 is 13.3 Å². The van der Waals surface area contributed by atoms with Crippen molar-refractivity contribution < 1.29 is 13.3 Å². The average molecular weight is 607 g/mol. The molecule has 4 aromatic heterocycles. The van der Waals surface area contributed by atoms with Crippen LogP contribution in [0.4, 0.5) is 0 Å². The second kappa shape index (κ2) is 9.95. The summed E-state index contributed by atoms with van der Waals surface area (Å²) >= 11 is 0. The van der Waals surface area contributed by atoms with Crippen LogP contribution in [-0.2, 0) is 0 Å². The van der Waals surface area contributed by atoms with Crippen molar-refractivity contribution in [3.63, 3.8) is 0 Å². The summed E-state index contributed by atoms with van der Waals surface area (Å²) in [5.74, 6) is 2.22. The van der Waals surface area contributed by atoms with Gasteiger partial charge in [-0.15, -0.1) is 0 Å². The summed E-state index contributed by atoms with van der Waals surface area (Å²) < 4.78 is 18.8. The van der Waals surface area contributed by atoms with Crippen molar-refractivity contribution in [1.82, 2.24) is 19.9 Å². The maximum absolute atomic E-state index is 6.38. The second-order valence-electron chi connectivity index (χ2n) is 11.5. The molecule has 0 aliphatic rings. The third kappa shape index (κ3) is 4.14. The highest BCUT2D eigenvalue weighted by Gasteiger charge is 2.20. The van der Waals surface area contributed by atoms with E-state index >= 15 is 0 Å². The Labute approximate surface area is 266 Å². The van der Waals surface area contributed by atoms with E-state index in [0.717, 1.165) is 66.1 Å². The summed E-state index contributed by atoms with van der Waals surface area (Å²) in [5.41, 5.74) is 7.92. The number of hydrogen-bond donors (Lipinski definition) is 0. The zero-order chi connectivity index (χ0) is 30.9. The number of hydrogen-bond acceptors (Lipinski definition) is 7. The van der Waals surface area contributed by atoms with Crippen molar-refractivity contribution in [2.45, 2.75) is 0 Å². The van der Waals surface area contributed by atoms with Gasteiger partial charge in [-0.25, -0.2) is 19.9 Å². The molecule has 4 heterocycles. The fraction of sp³-hybridized carbons (Fsp3) is 0. The topological polar surface area (TPSA) is 91.0 Å². The van der Waals surface area contributed by atoms with Crippen LogP contribution in [0.5, 0.6) is 0 Å². The van der Waals surface area contributed by atoms with Crippen LogP contribution in [0.2, 0.25) is 0 Å². The quantitative estimate of drug-likeness (QED) is 0.197. The van der Waals surface area contributed by atoms with Crippen LogP contribution in [0.25, 0.3) is 101 Å². The molecule has 220 valence electrons. The number of aromatic nitrogens is 4. The van der Waals surface area contributed by atoms with E-state index in [0.29, 0.717) is 34.5 Å². The number of para-hydroxylation sites is 1. The number of benzene rings is 6. The highest BCUT2D eigenvalue weighted by Crippen LogP contribution is 2.39. The molecular formula is C40H22N4O3. The molecule has 0 saturated carbocycles. The Kier molecular flexibility index (Phi) is 5.44. The summed E-state index contributed by atoms with van der Waals surface area (Å²) in [5, 5.41) is 3.91. The molecule has 7 heteroatoms. The highest BCUT2D eigenvalue weighted by atomic mass is 16.4. The number of furan rings is 2. The SMILES string of the molecule is c1ccc(-c2nc(-c3ccc4c(c3)oc3ccccc34)nc(-c3cccc4oc5cc6nc(-c7ccccc7)oc6cc5c34)n2)cc1. The lowest BCUT2D eigenvalue weighted by Gasteiger charge is -2.09. The predicted molar refractivity (Wildman–Crippen MR) is 184 cm³/mol. The van der Waals surface area contributed by atoms with Gasteiger partial charge in [0.25, 0.3) is 0 Å². The van der Waals surface area contributed by atoms with Crippen molar-refractivity contribution in [1.29, 1.82) is 0 Å². The van der Waals surface area contributed by atoms with Gasteiger partial charge in [0.15, 0.2) is 23.1 Å². The molecule has 0 aliphatic carbocycles. The van der Waals surface area contributed by atoms with Crippen LogP contribution in [0.3, 0.4) is 0 Å². The number of fused-ring (bicyclic) bond motifs is 7. The minimum atomic E-state index is 0.537. The van der Waals surface area contributed by atoms with Gasteiger partial charge in [0.1, 0.15) is 27.8 Å². The summed E-state index contributed by atoms with van der Waals surface area (Å²) in [6.07, 6.45) is 0. The first-order valence-electron chi connectivity index (χ1n) is 15.3. The van der Waals surface area contributed by atoms with E-state index in [2.05, 4.69) is 12.1 Å². The molecule has 0 aliphatic heterocycles. The Morgan fingerprint density at radius 3 is 1.87 bits per heavy atom. The van der Waals surface area contributed by atoms with Crippen LogP contribution in [0.15, 0.2) is 147 Å². The number of nitrogens with zero attached hydrogens (tertiary/aromatic N) is 4. The smallest absolute Gasteiger partial charge is 0.227 e. The molecule has 0 unspecified atom stereocenters. The monoisotopic (exact) mass is 606 g/mol. The summed E-state index contributed by atoms with van der Waals surface area (Å²) in [6, 6.07) is 43.9. The van der Waals surface area contributed by atoms with Gasteiger partial charge in [0.05, 0.1) is 0 Å². The van der Waals surface area contributed by atoms with E-state index in [9.17, 15) is 0 Å². The molecule has 10 rings (SSSR count). The van der Waals surface area contributed by atoms with Crippen LogP contribution in [0, 0.1) is 0 Å². The molecule has 0 bridgehead atoms. The van der Waals surface area contributed by atoms with E-state index in [-0.39, 0.29) is 0 Å². The minimum absolute atomic E-state index is 0.537. The Morgan fingerprint density at radius 2 is 1.02 bits per heavy atom. The average Bonchev–Trinajstić information content (AvgIpc) is 3.83. The van der Waals surface area contributed by atoms with Gasteiger partial charge in [0, 0.05) is 49.9 Å². The van der Waals surface area contributed by atoms with Gasteiger partial charge in [-0.1, -0.05) is 84.9 Å². The number of oxazole rings is 1. The zero-order valence-corrected chi connectivity index (χ0v) is 24.7. The summed E-state index contributed by atoms with van der Waals surface area (Å²) in [4.78, 5) is 19.8. The third-order valence-electron chi connectivity index (χ3n) is 8.57. The Balaban J connectivity index is 1.19. The van der Waals surface area contributed by atoms with Crippen molar-refractivity contribution >= 4 is 55.0 Å². The summed E-state index contributed by atoms with van der Waals surface area (Å²) in [7, 11) is 0. The van der Waals surface area contributed by atoms with Crippen molar-refractivity contribution in [2.24, 2.45) is 0 Å². The first-order valence-corrected chi connectivity index (χ1v) is 15.3. The van der Waals surface area contributed by atoms with Gasteiger partial charge in [-0.05, 0) is 42.5 Å². The predicted octanol–water partition coefficient (Wildman–Crippen LogP) is 10.5. The van der Waals surface area contributed by atoms with Crippen LogP contribution in [-0.4, -0.2) is 19.9 Å². The van der Waals surface area contributed by atoms with Gasteiger partial charge in [-0.3, -0.25) is 0 Å². The van der Waals surface area contributed by atoms with Crippen LogP contribution >= 0.6 is 0 Å². The maximum Gasteiger partial charge on any atom is 0.227 e. The lowest BCUT2D eigenvalue weighted by Crippen LogP contribution is -2.00. The fourth-order valence-electron chi connectivity index (χ4n) is 6.34. The molecule has 0 spiro atoms. The standard InChI is InChI=1S/C40H22N4O3/c1-3-10-23(11-4-1)37-42-38(25-18-19-27-26-14-7-8-16-31(26)45-33(27)20-25)44-39(43-37)28-15-9-17-32-36(28)29-21-35-30(22-34(29)46-32)41-40(47-35)24-12-5-2-6-13-24/h1-22H. The van der Waals surface area contributed by atoms with E-state index in [1.54, 1.807) is 0 Å². The lowest BCUT2D eigenvalue weighted by molar-refractivity contribution is 0.620. The van der Waals surface area contributed by atoms with Crippen molar-refractivity contribution in [3.05, 3.63) is 133 Å². The molecule has 0 atom stereocenters. The highest BCUT2D eigenvalue weighted by molar-refractivity contribution is 6.14. The maximum atomic E-state index is 6.38. The normalized spacial score (nSPS) is 11.8. The third-order valence-corrected chi connectivity index (χ3v) is 8.57. The molecule has 0 N–H and O–H groups in total. The Morgan fingerprint density at radius 1 is 0.362 bits per heavy atom. The molecular weight excluding hydrogens is 584 g/mol. The lowest BCUT2D eigenvalue weighted by atomic mass is 10.0. The largest absolute Gasteiger partial charge is 0.456 e. The number of rotatable bonds is 4. The van der Waals surface area contributed by atoms with Gasteiger partial charge in [-0.2, -0.15) is 0 Å². The van der Waals surface area contributed by atoms with Gasteiger partial charge >= 0.3 is 0 Å². The summed E-state index contributed by atoms with van der Waals surface area (Å²) in [6.45, 7) is 0. The fourth-order valence-corrected chi connectivity index (χ4v) is 6.34. The Bertz CT molecular complexity index is 2800. The first-order chi connectivity index (χ1) is 23.2. The molecule has 0 saturated heterocycles. The molecule has 7 nitrogen and oxygen atoms in total. The molecule has 47 heavy (non-hydrogen) atoms. The molecule has 0 amide bonds. The second-order valence-corrected chi connectivity index (χ2v) is 11.5. The Hall–Kier alpha value is -6.60. The first kappa shape index (κ1) is 25.7. The van der Waals surface area contributed by atoms with Crippen molar-refractivity contribution in [3.8, 4) is 45.6 Å². The molecule has 0 fully saturated rings. The molecule has 0 radical (unpaired) electrons. The van der Waals surface area contributed by atoms with E-state index in [1.807, 2.05) is 121 Å². The van der Waals surface area contributed by atoms with E-state index < -0.39 is 0 Å². The minimum Gasteiger partial charge on any atom is -0.456 e. The van der Waals surface area contributed by atoms with Crippen LogP contribution < -0.4 is 0 Å². The molecule has 6 aromatic carbocycles. The van der Waals surface area contributed by atoms with Crippen molar-refractivity contribution in [2.75, 3.05) is 0 Å².